The van der Waals surface area contributed by atoms with Crippen molar-refractivity contribution in [3.63, 3.8) is 0 Å². The minimum Gasteiger partial charge on any atom is -0.496 e. The van der Waals surface area contributed by atoms with E-state index in [1.807, 2.05) is 20.8 Å². The Bertz CT molecular complexity index is 762. The first-order valence-electron chi connectivity index (χ1n) is 7.83. The minimum atomic E-state index is -0.812. The summed E-state index contributed by atoms with van der Waals surface area (Å²) in [6, 6.07) is 4.70. The Balaban J connectivity index is 2.60. The second kappa shape index (κ2) is 7.23. The van der Waals surface area contributed by atoms with Gasteiger partial charge in [-0.3, -0.25) is 0 Å². The summed E-state index contributed by atoms with van der Waals surface area (Å²) in [4.78, 5) is 11.7. The van der Waals surface area contributed by atoms with Crippen molar-refractivity contribution >= 4 is 11.0 Å². The molecule has 24 heavy (non-hydrogen) atoms. The molecule has 0 radical (unpaired) electrons. The summed E-state index contributed by atoms with van der Waals surface area (Å²) in [5.74, 6) is 1.02. The number of methoxy groups -OCH3 is 2. The van der Waals surface area contributed by atoms with E-state index >= 15 is 0 Å². The normalized spacial score (nSPS) is 13.1. The van der Waals surface area contributed by atoms with Gasteiger partial charge in [-0.05, 0) is 26.8 Å². The van der Waals surface area contributed by atoms with Crippen molar-refractivity contribution in [2.45, 2.75) is 38.9 Å². The molecule has 0 aliphatic heterocycles. The summed E-state index contributed by atoms with van der Waals surface area (Å²) in [5, 5.41) is 11.3. The fraction of sp³-hybridized carbons (Fsp3) is 0.500. The van der Waals surface area contributed by atoms with Crippen LogP contribution in [0.25, 0.3) is 11.0 Å². The van der Waals surface area contributed by atoms with Crippen molar-refractivity contribution < 1.29 is 23.7 Å². The number of benzene rings is 1. The largest absolute Gasteiger partial charge is 0.496 e. The number of fused-ring (bicyclic) bond motifs is 1. The van der Waals surface area contributed by atoms with E-state index in [-0.39, 0.29) is 6.42 Å². The van der Waals surface area contributed by atoms with Gasteiger partial charge in [0.1, 0.15) is 17.1 Å². The predicted molar refractivity (Wildman–Crippen MR) is 91.0 cm³/mol. The summed E-state index contributed by atoms with van der Waals surface area (Å²) in [7, 11) is 3.05. The zero-order valence-electron chi connectivity index (χ0n) is 14.7. The molecule has 132 valence electrons. The Morgan fingerprint density at radius 1 is 1.21 bits per heavy atom. The predicted octanol–water partition coefficient (Wildman–Crippen LogP) is 2.53. The Morgan fingerprint density at radius 3 is 2.46 bits per heavy atom. The first-order valence-corrected chi connectivity index (χ1v) is 7.83. The van der Waals surface area contributed by atoms with Crippen molar-refractivity contribution in [3.8, 4) is 11.5 Å². The molecule has 0 aliphatic rings. The maximum atomic E-state index is 11.7. The molecule has 6 nitrogen and oxygen atoms in total. The van der Waals surface area contributed by atoms with Crippen LogP contribution >= 0.6 is 0 Å². The van der Waals surface area contributed by atoms with Crippen LogP contribution in [0.1, 0.15) is 26.3 Å². The van der Waals surface area contributed by atoms with Gasteiger partial charge in [0.15, 0.2) is 0 Å². The number of rotatable bonds is 7. The third-order valence-electron chi connectivity index (χ3n) is 4.09. The van der Waals surface area contributed by atoms with Crippen LogP contribution < -0.4 is 15.1 Å². The summed E-state index contributed by atoms with van der Waals surface area (Å²) in [5.41, 5.74) is -0.268. The lowest BCUT2D eigenvalue weighted by atomic mass is 9.93. The van der Waals surface area contributed by atoms with Gasteiger partial charge in [0, 0.05) is 30.7 Å². The van der Waals surface area contributed by atoms with E-state index in [2.05, 4.69) is 0 Å². The standard InChI is InChI=1S/C18H24O6/c1-6-23-18(2,3)15(19)9-12-14(22-5)10-13(21-4)11-7-8-16(20)24-17(11)12/h7-8,10,15,19H,6,9H2,1-5H3. The highest BCUT2D eigenvalue weighted by Crippen LogP contribution is 2.36. The van der Waals surface area contributed by atoms with Gasteiger partial charge in [-0.15, -0.1) is 0 Å². The summed E-state index contributed by atoms with van der Waals surface area (Å²) < 4.78 is 21.8. The molecule has 1 heterocycles. The highest BCUT2D eigenvalue weighted by molar-refractivity contribution is 5.88. The molecule has 0 amide bonds. The molecule has 2 rings (SSSR count). The molecule has 0 saturated heterocycles. The molecule has 1 unspecified atom stereocenters. The maximum absolute atomic E-state index is 11.7. The highest BCUT2D eigenvalue weighted by atomic mass is 16.5. The molecule has 1 atom stereocenters. The molecule has 0 spiro atoms. The Morgan fingerprint density at radius 2 is 1.88 bits per heavy atom. The Kier molecular flexibility index (Phi) is 5.51. The van der Waals surface area contributed by atoms with Gasteiger partial charge in [0.25, 0.3) is 0 Å². The fourth-order valence-corrected chi connectivity index (χ4v) is 2.68. The van der Waals surface area contributed by atoms with Crippen LogP contribution in [-0.4, -0.2) is 37.6 Å². The number of aliphatic hydroxyl groups is 1. The third kappa shape index (κ3) is 3.55. The second-order valence-electron chi connectivity index (χ2n) is 6.01. The first kappa shape index (κ1) is 18.3. The van der Waals surface area contributed by atoms with Crippen LogP contribution in [0.15, 0.2) is 27.4 Å². The first-order chi connectivity index (χ1) is 11.3. The zero-order chi connectivity index (χ0) is 17.9. The number of hydrogen-bond acceptors (Lipinski definition) is 6. The molecular weight excluding hydrogens is 312 g/mol. The van der Waals surface area contributed by atoms with Gasteiger partial charge in [-0.25, -0.2) is 4.79 Å². The molecule has 1 N–H and O–H groups in total. The molecular formula is C18H24O6. The minimum absolute atomic E-state index is 0.212. The smallest absolute Gasteiger partial charge is 0.336 e. The quantitative estimate of drug-likeness (QED) is 0.783. The molecule has 6 heteroatoms. The van der Waals surface area contributed by atoms with Gasteiger partial charge in [-0.1, -0.05) is 0 Å². The number of hydrogen-bond donors (Lipinski definition) is 1. The van der Waals surface area contributed by atoms with Crippen molar-refractivity contribution in [2.75, 3.05) is 20.8 Å². The van der Waals surface area contributed by atoms with Crippen LogP contribution in [0.2, 0.25) is 0 Å². The molecule has 0 saturated carbocycles. The van der Waals surface area contributed by atoms with Gasteiger partial charge < -0.3 is 23.7 Å². The average Bonchev–Trinajstić information content (AvgIpc) is 2.54. The molecule has 1 aromatic carbocycles. The van der Waals surface area contributed by atoms with Gasteiger partial charge in [-0.2, -0.15) is 0 Å². The summed E-state index contributed by atoms with van der Waals surface area (Å²) in [6.07, 6.45) is -0.600. The van der Waals surface area contributed by atoms with Crippen LogP contribution in [0.5, 0.6) is 11.5 Å². The lowest BCUT2D eigenvalue weighted by Crippen LogP contribution is -2.40. The average molecular weight is 336 g/mol. The Hall–Kier alpha value is -2.05. The molecule has 0 fully saturated rings. The molecule has 0 aliphatic carbocycles. The van der Waals surface area contributed by atoms with E-state index in [1.165, 1.54) is 20.3 Å². The van der Waals surface area contributed by atoms with Crippen molar-refractivity contribution in [3.05, 3.63) is 34.2 Å². The van der Waals surface area contributed by atoms with Crippen LogP contribution in [0, 0.1) is 0 Å². The van der Waals surface area contributed by atoms with Crippen molar-refractivity contribution in [2.24, 2.45) is 0 Å². The zero-order valence-corrected chi connectivity index (χ0v) is 14.7. The third-order valence-corrected chi connectivity index (χ3v) is 4.09. The van der Waals surface area contributed by atoms with Gasteiger partial charge >= 0.3 is 5.63 Å². The summed E-state index contributed by atoms with van der Waals surface area (Å²) >= 11 is 0. The monoisotopic (exact) mass is 336 g/mol. The van der Waals surface area contributed by atoms with Crippen molar-refractivity contribution in [1.82, 2.24) is 0 Å². The number of ether oxygens (including phenoxy) is 3. The molecule has 2 aromatic rings. The number of aliphatic hydroxyl groups excluding tert-OH is 1. The van der Waals surface area contributed by atoms with E-state index in [9.17, 15) is 9.90 Å². The fourth-order valence-electron chi connectivity index (χ4n) is 2.68. The van der Waals surface area contributed by atoms with E-state index in [4.69, 9.17) is 18.6 Å². The topological polar surface area (TPSA) is 78.1 Å². The van der Waals surface area contributed by atoms with Crippen LogP contribution in [0.4, 0.5) is 0 Å². The van der Waals surface area contributed by atoms with Crippen molar-refractivity contribution in [1.29, 1.82) is 0 Å². The lowest BCUT2D eigenvalue weighted by molar-refractivity contribution is -0.0955. The molecule has 0 bridgehead atoms. The maximum Gasteiger partial charge on any atom is 0.336 e. The lowest BCUT2D eigenvalue weighted by Gasteiger charge is -2.31. The highest BCUT2D eigenvalue weighted by Gasteiger charge is 2.30. The Labute approximate surface area is 140 Å². The second-order valence-corrected chi connectivity index (χ2v) is 6.01. The van der Waals surface area contributed by atoms with Crippen LogP contribution in [0.3, 0.4) is 0 Å². The van der Waals surface area contributed by atoms with E-state index in [0.29, 0.717) is 34.6 Å². The van der Waals surface area contributed by atoms with Crippen LogP contribution in [-0.2, 0) is 11.2 Å². The van der Waals surface area contributed by atoms with E-state index in [0.717, 1.165) is 0 Å². The SMILES string of the molecule is CCOC(C)(C)C(O)Cc1c(OC)cc(OC)c2ccc(=O)oc12. The van der Waals surface area contributed by atoms with Gasteiger partial charge in [0.05, 0.1) is 31.3 Å². The summed E-state index contributed by atoms with van der Waals surface area (Å²) in [6.45, 7) is 5.99. The van der Waals surface area contributed by atoms with Gasteiger partial charge in [0.2, 0.25) is 0 Å². The molecule has 1 aromatic heterocycles. The van der Waals surface area contributed by atoms with E-state index < -0.39 is 17.3 Å². The van der Waals surface area contributed by atoms with E-state index in [1.54, 1.807) is 12.1 Å².